The molecule has 0 bridgehead atoms. The number of furan rings is 1. The number of aromatic nitrogens is 1. The van der Waals surface area contributed by atoms with Gasteiger partial charge in [0.25, 0.3) is 0 Å². The van der Waals surface area contributed by atoms with Crippen LogP contribution in [0.3, 0.4) is 0 Å². The first-order valence-electron chi connectivity index (χ1n) is 11.0. The van der Waals surface area contributed by atoms with Crippen LogP contribution in [0.4, 0.5) is 0 Å². The number of carbonyl (C=O) groups excluding carboxylic acids is 2. The summed E-state index contributed by atoms with van der Waals surface area (Å²) in [4.78, 5) is 23.5. The molecule has 1 amide bonds. The second kappa shape index (κ2) is 10.6. The summed E-state index contributed by atoms with van der Waals surface area (Å²) >= 11 is 0. The fraction of sp³-hybridized carbons (Fsp3) is 0.148. The van der Waals surface area contributed by atoms with Crippen LogP contribution in [0, 0.1) is 13.8 Å². The van der Waals surface area contributed by atoms with Crippen LogP contribution in [0.1, 0.15) is 40.2 Å². The molecule has 2 heterocycles. The molecule has 0 fully saturated rings. The Morgan fingerprint density at radius 2 is 1.69 bits per heavy atom. The average Bonchev–Trinajstić information content (AvgIpc) is 3.45. The Morgan fingerprint density at radius 3 is 2.40 bits per heavy atom. The van der Waals surface area contributed by atoms with Crippen LogP contribution in [0.25, 0.3) is 5.69 Å². The Balaban J connectivity index is 1.32. The number of nitrogens with one attached hydrogen (secondary N) is 1. The molecule has 0 radical (unpaired) electrons. The van der Waals surface area contributed by atoms with Crippen molar-refractivity contribution in [2.45, 2.75) is 27.4 Å². The van der Waals surface area contributed by atoms with Gasteiger partial charge in [0.05, 0.1) is 6.21 Å². The number of nitrogens with zero attached hydrogens (tertiary/aromatic N) is 2. The number of rotatable bonds is 8. The highest BCUT2D eigenvalue weighted by Crippen LogP contribution is 2.21. The third-order valence-electron chi connectivity index (χ3n) is 5.18. The SMILES string of the molecule is CC(=O)Oc1ccccc1C=NNC(=O)c1ccc(COc2ccc(-n3c(C)ccc3C)cc2)o1. The van der Waals surface area contributed by atoms with E-state index in [1.165, 1.54) is 13.1 Å². The Labute approximate surface area is 202 Å². The van der Waals surface area contributed by atoms with Crippen molar-refractivity contribution < 1.29 is 23.5 Å². The molecule has 178 valence electrons. The second-order valence-corrected chi connectivity index (χ2v) is 7.83. The van der Waals surface area contributed by atoms with E-state index in [4.69, 9.17) is 13.9 Å². The molecule has 0 saturated carbocycles. The maximum absolute atomic E-state index is 12.3. The molecule has 35 heavy (non-hydrogen) atoms. The molecule has 0 aliphatic rings. The van der Waals surface area contributed by atoms with Gasteiger partial charge in [-0.1, -0.05) is 12.1 Å². The van der Waals surface area contributed by atoms with Gasteiger partial charge in [-0.15, -0.1) is 0 Å². The highest BCUT2D eigenvalue weighted by atomic mass is 16.5. The highest BCUT2D eigenvalue weighted by Gasteiger charge is 2.11. The number of benzene rings is 2. The molecule has 8 heteroatoms. The molecule has 2 aromatic carbocycles. The maximum Gasteiger partial charge on any atom is 0.308 e. The van der Waals surface area contributed by atoms with Gasteiger partial charge in [0.2, 0.25) is 0 Å². The van der Waals surface area contributed by atoms with Crippen molar-refractivity contribution in [1.82, 2.24) is 9.99 Å². The average molecular weight is 472 g/mol. The number of aryl methyl sites for hydroxylation is 2. The number of hydrogen-bond donors (Lipinski definition) is 1. The Bertz CT molecular complexity index is 1350. The molecule has 0 spiro atoms. The van der Waals surface area contributed by atoms with E-state index in [9.17, 15) is 9.59 Å². The van der Waals surface area contributed by atoms with E-state index in [2.05, 4.69) is 41.1 Å². The summed E-state index contributed by atoms with van der Waals surface area (Å²) in [6.07, 6.45) is 1.39. The quantitative estimate of drug-likeness (QED) is 0.170. The number of amides is 1. The summed E-state index contributed by atoms with van der Waals surface area (Å²) in [5.41, 5.74) is 6.33. The summed E-state index contributed by atoms with van der Waals surface area (Å²) in [5, 5.41) is 3.92. The van der Waals surface area contributed by atoms with Crippen molar-refractivity contribution in [2.24, 2.45) is 5.10 Å². The standard InChI is InChI=1S/C27H25N3O5/c1-18-8-9-19(2)30(18)22-10-12-23(13-11-22)33-17-24-14-15-26(35-24)27(32)29-28-16-21-6-4-5-7-25(21)34-20(3)31/h4-16H,17H2,1-3H3,(H,29,32). The summed E-state index contributed by atoms with van der Waals surface area (Å²) in [6.45, 7) is 5.62. The number of esters is 1. The maximum atomic E-state index is 12.3. The van der Waals surface area contributed by atoms with E-state index in [-0.39, 0.29) is 12.4 Å². The van der Waals surface area contributed by atoms with Gasteiger partial charge in [0.15, 0.2) is 5.76 Å². The smallest absolute Gasteiger partial charge is 0.308 e. The van der Waals surface area contributed by atoms with Gasteiger partial charge in [-0.2, -0.15) is 5.10 Å². The van der Waals surface area contributed by atoms with Gasteiger partial charge in [-0.25, -0.2) is 5.43 Å². The molecule has 1 N–H and O–H groups in total. The Kier molecular flexibility index (Phi) is 7.11. The third-order valence-corrected chi connectivity index (χ3v) is 5.18. The van der Waals surface area contributed by atoms with Gasteiger partial charge in [-0.3, -0.25) is 9.59 Å². The minimum atomic E-state index is -0.515. The molecular formula is C27H25N3O5. The van der Waals surface area contributed by atoms with Crippen molar-refractivity contribution in [3.63, 3.8) is 0 Å². The Hall–Kier alpha value is -4.59. The van der Waals surface area contributed by atoms with E-state index >= 15 is 0 Å². The lowest BCUT2D eigenvalue weighted by atomic mass is 10.2. The summed E-state index contributed by atoms with van der Waals surface area (Å²) in [7, 11) is 0. The molecule has 0 aliphatic carbocycles. The van der Waals surface area contributed by atoms with Gasteiger partial charge >= 0.3 is 11.9 Å². The zero-order chi connectivity index (χ0) is 24.8. The van der Waals surface area contributed by atoms with E-state index in [1.54, 1.807) is 36.4 Å². The van der Waals surface area contributed by atoms with E-state index in [0.717, 1.165) is 17.1 Å². The zero-order valence-electron chi connectivity index (χ0n) is 19.6. The van der Waals surface area contributed by atoms with E-state index in [0.29, 0.717) is 22.8 Å². The molecule has 0 aliphatic heterocycles. The number of carbonyl (C=O) groups is 2. The van der Waals surface area contributed by atoms with Gasteiger partial charge in [-0.05, 0) is 74.5 Å². The van der Waals surface area contributed by atoms with E-state index < -0.39 is 11.9 Å². The van der Waals surface area contributed by atoms with Crippen molar-refractivity contribution in [3.8, 4) is 17.2 Å². The highest BCUT2D eigenvalue weighted by molar-refractivity contribution is 5.93. The molecule has 2 aromatic heterocycles. The first-order chi connectivity index (χ1) is 16.9. The van der Waals surface area contributed by atoms with Gasteiger partial charge < -0.3 is 18.5 Å². The monoisotopic (exact) mass is 471 g/mol. The van der Waals surface area contributed by atoms with Crippen LogP contribution >= 0.6 is 0 Å². The molecule has 8 nitrogen and oxygen atoms in total. The van der Waals surface area contributed by atoms with Crippen LogP contribution in [0.5, 0.6) is 11.5 Å². The lowest BCUT2D eigenvalue weighted by Gasteiger charge is -2.10. The summed E-state index contributed by atoms with van der Waals surface area (Å²) in [6, 6.07) is 22.0. The lowest BCUT2D eigenvalue weighted by Crippen LogP contribution is -2.17. The fourth-order valence-corrected chi connectivity index (χ4v) is 3.55. The summed E-state index contributed by atoms with van der Waals surface area (Å²) < 4.78 is 18.7. The fourth-order valence-electron chi connectivity index (χ4n) is 3.55. The number of hydrogen-bond acceptors (Lipinski definition) is 6. The van der Waals surface area contributed by atoms with Crippen LogP contribution in [0.15, 0.2) is 82.3 Å². The Morgan fingerprint density at radius 1 is 0.971 bits per heavy atom. The molecular weight excluding hydrogens is 446 g/mol. The van der Waals surface area contributed by atoms with Crippen molar-refractivity contribution in [3.05, 3.63) is 101 Å². The predicted octanol–water partition coefficient (Wildman–Crippen LogP) is 4.96. The molecule has 4 aromatic rings. The van der Waals surface area contributed by atoms with Crippen LogP contribution in [0.2, 0.25) is 0 Å². The normalized spacial score (nSPS) is 10.9. The van der Waals surface area contributed by atoms with Crippen molar-refractivity contribution in [1.29, 1.82) is 0 Å². The molecule has 0 saturated heterocycles. The minimum Gasteiger partial charge on any atom is -0.486 e. The van der Waals surface area contributed by atoms with E-state index in [1.807, 2.05) is 24.3 Å². The number of para-hydroxylation sites is 1. The van der Waals surface area contributed by atoms with Crippen LogP contribution in [-0.2, 0) is 11.4 Å². The predicted molar refractivity (Wildman–Crippen MR) is 131 cm³/mol. The van der Waals surface area contributed by atoms with Crippen molar-refractivity contribution >= 4 is 18.1 Å². The number of ether oxygens (including phenoxy) is 2. The second-order valence-electron chi connectivity index (χ2n) is 7.83. The van der Waals surface area contributed by atoms with Crippen LogP contribution < -0.4 is 14.9 Å². The first kappa shape index (κ1) is 23.6. The van der Waals surface area contributed by atoms with Crippen molar-refractivity contribution in [2.75, 3.05) is 0 Å². The first-order valence-corrected chi connectivity index (χ1v) is 11.0. The largest absolute Gasteiger partial charge is 0.486 e. The number of hydrazone groups is 1. The third kappa shape index (κ3) is 5.86. The van der Waals surface area contributed by atoms with Gasteiger partial charge in [0.1, 0.15) is 23.9 Å². The minimum absolute atomic E-state index is 0.0999. The lowest BCUT2D eigenvalue weighted by molar-refractivity contribution is -0.131. The summed E-state index contributed by atoms with van der Waals surface area (Å²) in [5.74, 6) is 0.682. The topological polar surface area (TPSA) is 95.1 Å². The zero-order valence-corrected chi connectivity index (χ0v) is 19.6. The van der Waals surface area contributed by atoms with Crippen LogP contribution in [-0.4, -0.2) is 22.7 Å². The molecule has 0 atom stereocenters. The molecule has 0 unspecified atom stereocenters. The molecule has 4 rings (SSSR count). The van der Waals surface area contributed by atoms with Gasteiger partial charge in [0, 0.05) is 29.6 Å².